The molecule has 33 valence electrons. The molecule has 0 aromatic carbocycles. The SMILES string of the molecule is OC1(O[Si])CC1. The standard InChI is InChI=1S/C3H5O2Si/c4-3(5-6)1-2-3/h4H,1-2H2. The molecule has 0 aromatic rings. The van der Waals surface area contributed by atoms with Crippen LogP contribution in [0.4, 0.5) is 0 Å². The van der Waals surface area contributed by atoms with E-state index < -0.39 is 5.79 Å². The zero-order chi connectivity index (χ0) is 4.62. The lowest BCUT2D eigenvalue weighted by molar-refractivity contribution is -0.0390. The van der Waals surface area contributed by atoms with Crippen LogP contribution in [0, 0.1) is 0 Å². The molecule has 0 bridgehead atoms. The average Bonchev–Trinajstić information content (AvgIpc) is 2.22. The van der Waals surface area contributed by atoms with Crippen molar-refractivity contribution in [3.8, 4) is 0 Å². The fraction of sp³-hybridized carbons (Fsp3) is 1.00. The second-order valence-corrected chi connectivity index (χ2v) is 1.75. The summed E-state index contributed by atoms with van der Waals surface area (Å²) in [5, 5.41) is 8.67. The number of hydrogen-bond donors (Lipinski definition) is 1. The Hall–Kier alpha value is 0.137. The monoisotopic (exact) mass is 101 g/mol. The maximum absolute atomic E-state index is 8.67. The molecule has 1 aliphatic rings. The molecule has 0 atom stereocenters. The summed E-state index contributed by atoms with van der Waals surface area (Å²) in [4.78, 5) is 0. The molecule has 6 heavy (non-hydrogen) atoms. The van der Waals surface area contributed by atoms with Gasteiger partial charge in [0.05, 0.1) is 0 Å². The van der Waals surface area contributed by atoms with E-state index in [1.165, 1.54) is 0 Å². The molecule has 0 aromatic heterocycles. The van der Waals surface area contributed by atoms with Gasteiger partial charge in [0.25, 0.3) is 0 Å². The first-order valence-electron chi connectivity index (χ1n) is 1.84. The van der Waals surface area contributed by atoms with Gasteiger partial charge in [-0.05, 0) is 0 Å². The van der Waals surface area contributed by atoms with E-state index in [1.807, 2.05) is 0 Å². The van der Waals surface area contributed by atoms with Crippen molar-refractivity contribution in [2.45, 2.75) is 18.6 Å². The highest BCUT2D eigenvalue weighted by Crippen LogP contribution is 2.34. The van der Waals surface area contributed by atoms with Crippen LogP contribution in [0.3, 0.4) is 0 Å². The summed E-state index contributed by atoms with van der Waals surface area (Å²) in [5.41, 5.74) is 0. The van der Waals surface area contributed by atoms with Crippen LogP contribution in [-0.2, 0) is 4.43 Å². The molecule has 3 radical (unpaired) electrons. The Morgan fingerprint density at radius 2 is 2.17 bits per heavy atom. The maximum atomic E-state index is 8.67. The Bertz CT molecular complexity index is 59.8. The lowest BCUT2D eigenvalue weighted by atomic mass is 10.7. The van der Waals surface area contributed by atoms with E-state index in [4.69, 9.17) is 5.11 Å². The van der Waals surface area contributed by atoms with Crippen LogP contribution in [0.15, 0.2) is 0 Å². The Morgan fingerprint density at radius 3 is 2.17 bits per heavy atom. The van der Waals surface area contributed by atoms with E-state index in [-0.39, 0.29) is 0 Å². The molecule has 0 saturated heterocycles. The van der Waals surface area contributed by atoms with Crippen LogP contribution in [0.25, 0.3) is 0 Å². The van der Waals surface area contributed by atoms with Gasteiger partial charge in [0.1, 0.15) is 0 Å². The van der Waals surface area contributed by atoms with Crippen molar-refractivity contribution in [3.05, 3.63) is 0 Å². The molecular weight excluding hydrogens is 96.1 g/mol. The van der Waals surface area contributed by atoms with Gasteiger partial charge in [-0.1, -0.05) is 0 Å². The first-order chi connectivity index (χ1) is 2.77. The summed E-state index contributed by atoms with van der Waals surface area (Å²) in [6.45, 7) is 0. The summed E-state index contributed by atoms with van der Waals surface area (Å²) in [5.74, 6) is -0.795. The second-order valence-electron chi connectivity index (χ2n) is 1.55. The minimum Gasteiger partial charge on any atom is -0.392 e. The van der Waals surface area contributed by atoms with Crippen LogP contribution >= 0.6 is 0 Å². The molecule has 0 aliphatic heterocycles. The van der Waals surface area contributed by atoms with Crippen molar-refractivity contribution in [1.29, 1.82) is 0 Å². The average molecular weight is 101 g/mol. The van der Waals surface area contributed by atoms with Crippen LogP contribution in [0.5, 0.6) is 0 Å². The Morgan fingerprint density at radius 1 is 1.67 bits per heavy atom. The van der Waals surface area contributed by atoms with Crippen molar-refractivity contribution in [1.82, 2.24) is 0 Å². The fourth-order valence-electron chi connectivity index (χ4n) is 0.209. The topological polar surface area (TPSA) is 29.5 Å². The van der Waals surface area contributed by atoms with Gasteiger partial charge in [0.15, 0.2) is 5.79 Å². The van der Waals surface area contributed by atoms with Gasteiger partial charge in [0, 0.05) is 12.8 Å². The summed E-state index contributed by atoms with van der Waals surface area (Å²) in [6.07, 6.45) is 1.52. The lowest BCUT2D eigenvalue weighted by Crippen LogP contribution is -2.08. The Balaban J connectivity index is 2.28. The molecule has 0 spiro atoms. The minimum absolute atomic E-state index is 0.760. The van der Waals surface area contributed by atoms with E-state index in [2.05, 4.69) is 14.9 Å². The van der Waals surface area contributed by atoms with Crippen molar-refractivity contribution < 1.29 is 9.53 Å². The van der Waals surface area contributed by atoms with Gasteiger partial charge in [0.2, 0.25) is 10.5 Å². The van der Waals surface area contributed by atoms with E-state index in [1.54, 1.807) is 0 Å². The van der Waals surface area contributed by atoms with E-state index in [0.29, 0.717) is 0 Å². The zero-order valence-corrected chi connectivity index (χ0v) is 4.27. The highest BCUT2D eigenvalue weighted by Gasteiger charge is 2.39. The summed E-state index contributed by atoms with van der Waals surface area (Å²) in [7, 11) is 2.73. The molecule has 1 N–H and O–H groups in total. The predicted octanol–water partition coefficient (Wildman–Crippen LogP) is -0.431. The molecule has 0 heterocycles. The van der Waals surface area contributed by atoms with E-state index in [0.717, 1.165) is 12.8 Å². The third-order valence-electron chi connectivity index (χ3n) is 0.868. The van der Waals surface area contributed by atoms with Crippen LogP contribution in [-0.4, -0.2) is 21.4 Å². The van der Waals surface area contributed by atoms with Crippen LogP contribution in [0.2, 0.25) is 0 Å². The zero-order valence-electron chi connectivity index (χ0n) is 3.27. The first kappa shape index (κ1) is 4.30. The molecule has 1 fully saturated rings. The largest absolute Gasteiger partial charge is 0.392 e. The molecule has 2 nitrogen and oxygen atoms in total. The molecule has 1 saturated carbocycles. The molecular formula is C3H5O2Si. The third kappa shape index (κ3) is 0.615. The van der Waals surface area contributed by atoms with Gasteiger partial charge < -0.3 is 9.53 Å². The van der Waals surface area contributed by atoms with Gasteiger partial charge in [-0.25, -0.2) is 0 Å². The smallest absolute Gasteiger partial charge is 0.250 e. The molecule has 0 amide bonds. The molecule has 3 heteroatoms. The Kier molecular flexibility index (Phi) is 0.755. The van der Waals surface area contributed by atoms with Crippen molar-refractivity contribution >= 4 is 10.5 Å². The molecule has 1 aliphatic carbocycles. The fourth-order valence-corrected chi connectivity index (χ4v) is 0.413. The van der Waals surface area contributed by atoms with E-state index >= 15 is 0 Å². The number of aliphatic hydroxyl groups is 1. The number of hydrogen-bond acceptors (Lipinski definition) is 2. The van der Waals surface area contributed by atoms with Gasteiger partial charge in [-0.2, -0.15) is 0 Å². The van der Waals surface area contributed by atoms with Gasteiger partial charge >= 0.3 is 0 Å². The third-order valence-corrected chi connectivity index (χ3v) is 1.25. The first-order valence-corrected chi connectivity index (χ1v) is 2.25. The molecule has 0 unspecified atom stereocenters. The Labute approximate surface area is 39.7 Å². The minimum atomic E-state index is -0.795. The predicted molar refractivity (Wildman–Crippen MR) is 21.0 cm³/mol. The summed E-state index contributed by atoms with van der Waals surface area (Å²) >= 11 is 0. The maximum Gasteiger partial charge on any atom is 0.250 e. The van der Waals surface area contributed by atoms with E-state index in [9.17, 15) is 0 Å². The van der Waals surface area contributed by atoms with Gasteiger partial charge in [-0.3, -0.25) is 0 Å². The highest BCUT2D eigenvalue weighted by atomic mass is 28.2. The highest BCUT2D eigenvalue weighted by molar-refractivity contribution is 5.98. The second kappa shape index (κ2) is 1.05. The van der Waals surface area contributed by atoms with Crippen molar-refractivity contribution in [2.75, 3.05) is 0 Å². The molecule has 1 rings (SSSR count). The van der Waals surface area contributed by atoms with Crippen LogP contribution < -0.4 is 0 Å². The summed E-state index contributed by atoms with van der Waals surface area (Å²) < 4.78 is 4.41. The van der Waals surface area contributed by atoms with Crippen LogP contribution in [0.1, 0.15) is 12.8 Å². The van der Waals surface area contributed by atoms with Crippen molar-refractivity contribution in [3.63, 3.8) is 0 Å². The lowest BCUT2D eigenvalue weighted by Gasteiger charge is -1.99. The van der Waals surface area contributed by atoms with Crippen molar-refractivity contribution in [2.24, 2.45) is 0 Å². The summed E-state index contributed by atoms with van der Waals surface area (Å²) in [6, 6.07) is 0. The number of rotatable bonds is 1. The quantitative estimate of drug-likeness (QED) is 0.359. The van der Waals surface area contributed by atoms with Gasteiger partial charge in [-0.15, -0.1) is 0 Å². The normalized spacial score (nSPS) is 27.0.